The van der Waals surface area contributed by atoms with Crippen LogP contribution in [0, 0.1) is 0 Å². The van der Waals surface area contributed by atoms with Crippen molar-refractivity contribution in [1.82, 2.24) is 5.43 Å². The van der Waals surface area contributed by atoms with E-state index < -0.39 is 18.6 Å². The molecule has 0 aromatic heterocycles. The highest BCUT2D eigenvalue weighted by molar-refractivity contribution is 6.32. The van der Waals surface area contributed by atoms with Gasteiger partial charge in [0.1, 0.15) is 11.5 Å². The molecule has 2 aromatic carbocycles. The SMILES string of the molecule is CCOc1ccc(NC(=O)N/N=C/c2ccc(OCC(=O)O)c(Cl)c2)cc1. The lowest BCUT2D eigenvalue weighted by atomic mass is 10.2. The van der Waals surface area contributed by atoms with Crippen molar-refractivity contribution in [2.24, 2.45) is 5.10 Å². The molecule has 0 aliphatic carbocycles. The maximum absolute atomic E-state index is 11.8. The van der Waals surface area contributed by atoms with E-state index in [4.69, 9.17) is 26.2 Å². The molecule has 0 saturated carbocycles. The number of rotatable bonds is 8. The Labute approximate surface area is 160 Å². The average Bonchev–Trinajstić information content (AvgIpc) is 2.63. The Morgan fingerprint density at radius 3 is 2.56 bits per heavy atom. The first kappa shape index (κ1) is 20.1. The van der Waals surface area contributed by atoms with E-state index in [9.17, 15) is 9.59 Å². The summed E-state index contributed by atoms with van der Waals surface area (Å²) in [6.07, 6.45) is 1.39. The standard InChI is InChI=1S/C18H18ClN3O5/c1-2-26-14-6-4-13(5-7-14)21-18(25)22-20-10-12-3-8-16(15(19)9-12)27-11-17(23)24/h3-10H,2,11H2,1H3,(H,23,24)(H2,21,22,25)/b20-10+. The number of carboxylic acid groups (broad SMARTS) is 1. The normalized spacial score (nSPS) is 10.4. The molecule has 0 unspecified atom stereocenters. The number of carbonyl (C=O) groups excluding carboxylic acids is 1. The smallest absolute Gasteiger partial charge is 0.341 e. The Bertz CT molecular complexity index is 824. The number of carbonyl (C=O) groups is 2. The number of anilines is 1. The van der Waals surface area contributed by atoms with Crippen LogP contribution in [0.1, 0.15) is 12.5 Å². The number of hydrogen-bond acceptors (Lipinski definition) is 5. The van der Waals surface area contributed by atoms with Crippen LogP contribution in [0.25, 0.3) is 0 Å². The minimum atomic E-state index is -1.10. The number of urea groups is 1. The topological polar surface area (TPSA) is 109 Å². The van der Waals surface area contributed by atoms with Gasteiger partial charge in [0, 0.05) is 5.69 Å². The van der Waals surface area contributed by atoms with E-state index in [0.717, 1.165) is 0 Å². The first-order valence-corrected chi connectivity index (χ1v) is 8.32. The minimum Gasteiger partial charge on any atom is -0.494 e. The number of hydrazone groups is 1. The zero-order valence-corrected chi connectivity index (χ0v) is 15.2. The van der Waals surface area contributed by atoms with Crippen molar-refractivity contribution in [2.75, 3.05) is 18.5 Å². The lowest BCUT2D eigenvalue weighted by Gasteiger charge is -2.07. The lowest BCUT2D eigenvalue weighted by Crippen LogP contribution is -2.24. The number of nitrogens with one attached hydrogen (secondary N) is 2. The summed E-state index contributed by atoms with van der Waals surface area (Å²) < 4.78 is 10.3. The predicted octanol–water partition coefficient (Wildman–Crippen LogP) is 3.36. The van der Waals surface area contributed by atoms with E-state index in [1.165, 1.54) is 18.3 Å². The summed E-state index contributed by atoms with van der Waals surface area (Å²) in [6.45, 7) is 1.97. The van der Waals surface area contributed by atoms with Gasteiger partial charge in [0.15, 0.2) is 6.61 Å². The number of amides is 2. The van der Waals surface area contributed by atoms with Crippen molar-refractivity contribution < 1.29 is 24.2 Å². The molecule has 3 N–H and O–H groups in total. The molecule has 0 heterocycles. The van der Waals surface area contributed by atoms with Gasteiger partial charge in [0.2, 0.25) is 0 Å². The second kappa shape index (κ2) is 10.0. The van der Waals surface area contributed by atoms with Gasteiger partial charge >= 0.3 is 12.0 Å². The first-order chi connectivity index (χ1) is 13.0. The van der Waals surface area contributed by atoms with Crippen LogP contribution in [-0.4, -0.2) is 36.5 Å². The molecule has 2 rings (SSSR count). The second-order valence-electron chi connectivity index (χ2n) is 5.15. The number of ether oxygens (including phenoxy) is 2. The molecule has 0 spiro atoms. The van der Waals surface area contributed by atoms with E-state index in [2.05, 4.69) is 15.8 Å². The van der Waals surface area contributed by atoms with Crippen molar-refractivity contribution in [2.45, 2.75) is 6.92 Å². The molecular formula is C18H18ClN3O5. The summed E-state index contributed by atoms with van der Waals surface area (Å²) in [5.74, 6) is -0.133. The zero-order valence-electron chi connectivity index (χ0n) is 14.4. The van der Waals surface area contributed by atoms with E-state index in [1.54, 1.807) is 30.3 Å². The van der Waals surface area contributed by atoms with Crippen LogP contribution >= 0.6 is 11.6 Å². The Kier molecular flexibility index (Phi) is 7.45. The third-order valence-corrected chi connectivity index (χ3v) is 3.41. The van der Waals surface area contributed by atoms with Gasteiger partial charge < -0.3 is 19.9 Å². The molecule has 27 heavy (non-hydrogen) atoms. The summed E-state index contributed by atoms with van der Waals surface area (Å²) in [5, 5.41) is 15.3. The molecule has 0 bridgehead atoms. The summed E-state index contributed by atoms with van der Waals surface area (Å²) >= 11 is 6.01. The number of hydrogen-bond donors (Lipinski definition) is 3. The average molecular weight is 392 g/mol. The van der Waals surface area contributed by atoms with Crippen molar-refractivity contribution in [3.63, 3.8) is 0 Å². The largest absolute Gasteiger partial charge is 0.494 e. The highest BCUT2D eigenvalue weighted by Crippen LogP contribution is 2.24. The number of nitrogens with zero attached hydrogens (tertiary/aromatic N) is 1. The highest BCUT2D eigenvalue weighted by atomic mass is 35.5. The van der Waals surface area contributed by atoms with Gasteiger partial charge in [-0.1, -0.05) is 11.6 Å². The van der Waals surface area contributed by atoms with Gasteiger partial charge in [0.25, 0.3) is 0 Å². The molecule has 0 radical (unpaired) electrons. The number of benzene rings is 2. The van der Waals surface area contributed by atoms with E-state index in [0.29, 0.717) is 23.6 Å². The Hall–Kier alpha value is -3.26. The molecule has 8 nitrogen and oxygen atoms in total. The third-order valence-electron chi connectivity index (χ3n) is 3.11. The molecular weight excluding hydrogens is 374 g/mol. The monoisotopic (exact) mass is 391 g/mol. The molecule has 0 atom stereocenters. The van der Waals surface area contributed by atoms with Crippen LogP contribution in [0.2, 0.25) is 5.02 Å². The molecule has 142 valence electrons. The van der Waals surface area contributed by atoms with Gasteiger partial charge in [-0.25, -0.2) is 15.0 Å². The molecule has 0 saturated heterocycles. The minimum absolute atomic E-state index is 0.235. The van der Waals surface area contributed by atoms with E-state index >= 15 is 0 Å². The molecule has 9 heteroatoms. The number of halogens is 1. The second-order valence-corrected chi connectivity index (χ2v) is 5.56. The summed E-state index contributed by atoms with van der Waals surface area (Å²) in [5.41, 5.74) is 3.52. The summed E-state index contributed by atoms with van der Waals surface area (Å²) in [7, 11) is 0. The van der Waals surface area contributed by atoms with Crippen LogP contribution in [0.5, 0.6) is 11.5 Å². The van der Waals surface area contributed by atoms with Crippen molar-refractivity contribution in [1.29, 1.82) is 0 Å². The first-order valence-electron chi connectivity index (χ1n) is 7.95. The molecule has 0 fully saturated rings. The van der Waals surface area contributed by atoms with Crippen molar-refractivity contribution >= 4 is 35.5 Å². The maximum atomic E-state index is 11.8. The summed E-state index contributed by atoms with van der Waals surface area (Å²) in [6, 6.07) is 11.1. The molecule has 0 aliphatic rings. The molecule has 2 aromatic rings. The fraction of sp³-hybridized carbons (Fsp3) is 0.167. The van der Waals surface area contributed by atoms with E-state index in [1.807, 2.05) is 6.92 Å². The lowest BCUT2D eigenvalue weighted by molar-refractivity contribution is -0.139. The molecule has 0 aliphatic heterocycles. The van der Waals surface area contributed by atoms with Gasteiger partial charge in [-0.2, -0.15) is 5.10 Å². The quantitative estimate of drug-likeness (QED) is 0.472. The maximum Gasteiger partial charge on any atom is 0.341 e. The van der Waals surface area contributed by atoms with Crippen LogP contribution in [-0.2, 0) is 4.79 Å². The fourth-order valence-electron chi connectivity index (χ4n) is 1.98. The van der Waals surface area contributed by atoms with Crippen molar-refractivity contribution in [3.8, 4) is 11.5 Å². The zero-order chi connectivity index (χ0) is 19.6. The van der Waals surface area contributed by atoms with Gasteiger partial charge in [0.05, 0.1) is 17.8 Å². The van der Waals surface area contributed by atoms with Crippen LogP contribution in [0.4, 0.5) is 10.5 Å². The molecule has 2 amide bonds. The third kappa shape index (κ3) is 6.87. The Morgan fingerprint density at radius 1 is 1.19 bits per heavy atom. The predicted molar refractivity (Wildman–Crippen MR) is 102 cm³/mol. The van der Waals surface area contributed by atoms with Crippen LogP contribution in [0.15, 0.2) is 47.6 Å². The van der Waals surface area contributed by atoms with Crippen molar-refractivity contribution in [3.05, 3.63) is 53.1 Å². The Morgan fingerprint density at radius 2 is 1.93 bits per heavy atom. The van der Waals surface area contributed by atoms with Crippen LogP contribution < -0.4 is 20.2 Å². The van der Waals surface area contributed by atoms with Crippen LogP contribution in [0.3, 0.4) is 0 Å². The van der Waals surface area contributed by atoms with Gasteiger partial charge in [-0.05, 0) is 55.0 Å². The van der Waals surface area contributed by atoms with E-state index in [-0.39, 0.29) is 10.8 Å². The number of aliphatic carboxylic acids is 1. The summed E-state index contributed by atoms with van der Waals surface area (Å²) in [4.78, 5) is 22.3. The fourth-order valence-corrected chi connectivity index (χ4v) is 2.22. The van der Waals surface area contributed by atoms with Gasteiger partial charge in [-0.3, -0.25) is 0 Å². The van der Waals surface area contributed by atoms with Gasteiger partial charge in [-0.15, -0.1) is 0 Å². The highest BCUT2D eigenvalue weighted by Gasteiger charge is 2.05. The number of carboxylic acids is 1. The Balaban J connectivity index is 1.86.